The molecular weight excluding hydrogens is 314 g/mol. The second-order valence-corrected chi connectivity index (χ2v) is 5.37. The fourth-order valence-corrected chi connectivity index (χ4v) is 2.31. The van der Waals surface area contributed by atoms with Crippen molar-refractivity contribution in [1.29, 1.82) is 0 Å². The third-order valence-electron chi connectivity index (χ3n) is 3.56. The lowest BCUT2D eigenvalue weighted by atomic mass is 10.2. The van der Waals surface area contributed by atoms with Gasteiger partial charge in [0.15, 0.2) is 11.5 Å². The van der Waals surface area contributed by atoms with Crippen molar-refractivity contribution < 1.29 is 9.47 Å². The van der Waals surface area contributed by atoms with Gasteiger partial charge in [-0.25, -0.2) is 0 Å². The van der Waals surface area contributed by atoms with Gasteiger partial charge in [0.25, 0.3) is 0 Å². The van der Waals surface area contributed by atoms with Crippen molar-refractivity contribution in [3.8, 4) is 11.5 Å². The molecule has 3 aromatic rings. The summed E-state index contributed by atoms with van der Waals surface area (Å²) in [5, 5.41) is 3.63. The molecule has 124 valence electrons. The average molecular weight is 331 g/mol. The number of hydrogen-bond donors (Lipinski definition) is 0. The topological polar surface area (TPSA) is 67.2 Å². The second-order valence-electron chi connectivity index (χ2n) is 5.37. The first kappa shape index (κ1) is 16.4. The summed E-state index contributed by atoms with van der Waals surface area (Å²) < 4.78 is 11.8. The molecule has 0 bridgehead atoms. The summed E-state index contributed by atoms with van der Waals surface area (Å²) in [6.45, 7) is 0.839. The van der Waals surface area contributed by atoms with Crippen LogP contribution in [0.5, 0.6) is 11.5 Å². The Kier molecular flexibility index (Phi) is 5.54. The molecule has 0 unspecified atom stereocenters. The predicted molar refractivity (Wildman–Crippen MR) is 96.8 cm³/mol. The molecule has 0 fully saturated rings. The minimum atomic E-state index is 0.405. The van der Waals surface area contributed by atoms with E-state index in [2.05, 4.69) is 10.0 Å². The molecule has 0 amide bonds. The predicted octanol–water partition coefficient (Wildman–Crippen LogP) is 5.79. The van der Waals surface area contributed by atoms with Crippen LogP contribution >= 0.6 is 0 Å². The summed E-state index contributed by atoms with van der Waals surface area (Å²) in [6, 6.07) is 24.9. The quantitative estimate of drug-likeness (QED) is 0.312. The van der Waals surface area contributed by atoms with E-state index >= 15 is 0 Å². The number of ether oxygens (including phenoxy) is 2. The van der Waals surface area contributed by atoms with Gasteiger partial charge < -0.3 is 9.47 Å². The maximum Gasteiger partial charge on any atom is 0.162 e. The summed E-state index contributed by atoms with van der Waals surface area (Å²) in [4.78, 5) is 2.82. The lowest BCUT2D eigenvalue weighted by Gasteiger charge is -2.13. The van der Waals surface area contributed by atoms with E-state index in [0.717, 1.165) is 11.1 Å². The maximum atomic E-state index is 8.63. The first-order valence-electron chi connectivity index (χ1n) is 7.88. The monoisotopic (exact) mass is 331 g/mol. The zero-order chi connectivity index (χ0) is 17.3. The van der Waals surface area contributed by atoms with Gasteiger partial charge in [-0.15, -0.1) is 0 Å². The largest absolute Gasteiger partial charge is 0.485 e. The van der Waals surface area contributed by atoms with Crippen LogP contribution in [0.2, 0.25) is 0 Å². The van der Waals surface area contributed by atoms with E-state index in [4.69, 9.17) is 15.0 Å². The highest BCUT2D eigenvalue weighted by molar-refractivity contribution is 5.51. The molecule has 25 heavy (non-hydrogen) atoms. The van der Waals surface area contributed by atoms with Crippen molar-refractivity contribution in [3.63, 3.8) is 0 Å². The van der Waals surface area contributed by atoms with Crippen molar-refractivity contribution in [2.45, 2.75) is 13.2 Å². The van der Waals surface area contributed by atoms with E-state index in [0.29, 0.717) is 30.4 Å². The van der Waals surface area contributed by atoms with Crippen molar-refractivity contribution in [2.24, 2.45) is 5.11 Å². The zero-order valence-corrected chi connectivity index (χ0v) is 13.6. The summed E-state index contributed by atoms with van der Waals surface area (Å²) >= 11 is 0. The van der Waals surface area contributed by atoms with Gasteiger partial charge in [0.05, 0.1) is 0 Å². The molecule has 0 aliphatic carbocycles. The second kappa shape index (κ2) is 8.43. The van der Waals surface area contributed by atoms with Crippen LogP contribution in [0.4, 0.5) is 5.69 Å². The Morgan fingerprint density at radius 2 is 1.28 bits per heavy atom. The minimum absolute atomic E-state index is 0.405. The first-order valence-corrected chi connectivity index (χ1v) is 7.88. The van der Waals surface area contributed by atoms with Crippen LogP contribution in [0, 0.1) is 0 Å². The van der Waals surface area contributed by atoms with Gasteiger partial charge in [0.1, 0.15) is 13.2 Å². The standard InChI is InChI=1S/C20H17N3O2/c21-23-22-18-11-12-19(24-14-16-7-3-1-4-8-16)20(13-18)25-15-17-9-5-2-6-10-17/h1-13H,14-15H2. The molecule has 0 spiro atoms. The third kappa shape index (κ3) is 4.77. The lowest BCUT2D eigenvalue weighted by molar-refractivity contribution is 0.256. The van der Waals surface area contributed by atoms with Crippen LogP contribution in [-0.2, 0) is 13.2 Å². The molecule has 0 aliphatic rings. The van der Waals surface area contributed by atoms with Gasteiger partial charge in [0.2, 0.25) is 0 Å². The fraction of sp³-hybridized carbons (Fsp3) is 0.100. The van der Waals surface area contributed by atoms with Crippen LogP contribution in [0.15, 0.2) is 84.0 Å². The van der Waals surface area contributed by atoms with Crippen molar-refractivity contribution in [3.05, 3.63) is 100 Å². The van der Waals surface area contributed by atoms with Crippen LogP contribution in [0.25, 0.3) is 10.4 Å². The normalized spacial score (nSPS) is 9.92. The summed E-state index contributed by atoms with van der Waals surface area (Å²) in [7, 11) is 0. The van der Waals surface area contributed by atoms with Crippen molar-refractivity contribution >= 4 is 5.69 Å². The molecule has 3 aromatic carbocycles. The highest BCUT2D eigenvalue weighted by atomic mass is 16.5. The smallest absolute Gasteiger partial charge is 0.162 e. The number of nitrogens with zero attached hydrogens (tertiary/aromatic N) is 3. The number of benzene rings is 3. The van der Waals surface area contributed by atoms with Crippen LogP contribution in [-0.4, -0.2) is 0 Å². The molecule has 0 aliphatic heterocycles. The van der Waals surface area contributed by atoms with E-state index in [1.54, 1.807) is 18.2 Å². The van der Waals surface area contributed by atoms with Crippen LogP contribution < -0.4 is 9.47 Å². The molecule has 0 saturated heterocycles. The third-order valence-corrected chi connectivity index (χ3v) is 3.56. The summed E-state index contributed by atoms with van der Waals surface area (Å²) in [5.41, 5.74) is 11.2. The molecule has 0 atom stereocenters. The Bertz CT molecular complexity index is 861. The van der Waals surface area contributed by atoms with E-state index in [-0.39, 0.29) is 0 Å². The highest BCUT2D eigenvalue weighted by Gasteiger charge is 2.07. The Morgan fingerprint density at radius 3 is 1.84 bits per heavy atom. The molecule has 0 heterocycles. The molecule has 0 radical (unpaired) electrons. The summed E-state index contributed by atoms with van der Waals surface area (Å²) in [6.07, 6.45) is 0. The number of rotatable bonds is 7. The average Bonchev–Trinajstić information content (AvgIpc) is 2.67. The Hall–Kier alpha value is -3.43. The lowest BCUT2D eigenvalue weighted by Crippen LogP contribution is -2.00. The van der Waals surface area contributed by atoms with E-state index in [1.165, 1.54) is 0 Å². The molecule has 5 nitrogen and oxygen atoms in total. The van der Waals surface area contributed by atoms with Gasteiger partial charge in [0, 0.05) is 10.6 Å². The zero-order valence-electron chi connectivity index (χ0n) is 13.6. The molecule has 5 heteroatoms. The van der Waals surface area contributed by atoms with E-state index < -0.39 is 0 Å². The van der Waals surface area contributed by atoms with Crippen molar-refractivity contribution in [1.82, 2.24) is 0 Å². The number of azide groups is 1. The first-order chi connectivity index (χ1) is 12.3. The maximum absolute atomic E-state index is 8.63. The minimum Gasteiger partial charge on any atom is -0.485 e. The van der Waals surface area contributed by atoms with Gasteiger partial charge in [-0.1, -0.05) is 65.8 Å². The van der Waals surface area contributed by atoms with Crippen molar-refractivity contribution in [2.75, 3.05) is 0 Å². The van der Waals surface area contributed by atoms with E-state index in [1.807, 2.05) is 60.7 Å². The van der Waals surface area contributed by atoms with E-state index in [9.17, 15) is 0 Å². The molecule has 0 N–H and O–H groups in total. The fourth-order valence-electron chi connectivity index (χ4n) is 2.31. The highest BCUT2D eigenvalue weighted by Crippen LogP contribution is 2.33. The van der Waals surface area contributed by atoms with Crippen LogP contribution in [0.1, 0.15) is 11.1 Å². The van der Waals surface area contributed by atoms with Crippen LogP contribution in [0.3, 0.4) is 0 Å². The molecule has 3 rings (SSSR count). The van der Waals surface area contributed by atoms with Gasteiger partial charge >= 0.3 is 0 Å². The van der Waals surface area contributed by atoms with Gasteiger partial charge in [-0.05, 0) is 34.9 Å². The van der Waals surface area contributed by atoms with Gasteiger partial charge in [-0.2, -0.15) is 0 Å². The Morgan fingerprint density at radius 1 is 0.720 bits per heavy atom. The Labute approximate surface area is 146 Å². The van der Waals surface area contributed by atoms with Gasteiger partial charge in [-0.3, -0.25) is 0 Å². The SMILES string of the molecule is [N-]=[N+]=Nc1ccc(OCc2ccccc2)c(OCc2ccccc2)c1. The molecular formula is C20H17N3O2. The summed E-state index contributed by atoms with van der Waals surface area (Å²) in [5.74, 6) is 1.15. The molecule has 0 aromatic heterocycles. The Balaban J connectivity index is 1.77. The molecule has 0 saturated carbocycles. The number of hydrogen-bond acceptors (Lipinski definition) is 3.